The van der Waals surface area contributed by atoms with Crippen LogP contribution in [0.25, 0.3) is 0 Å². The molecule has 0 saturated carbocycles. The molecule has 0 radical (unpaired) electrons. The van der Waals surface area contributed by atoms with Crippen LogP contribution in [0.1, 0.15) is 83.1 Å². The van der Waals surface area contributed by atoms with Crippen LogP contribution in [0.15, 0.2) is 0 Å². The summed E-state index contributed by atoms with van der Waals surface area (Å²) in [5, 5.41) is 1.69. The average molecular weight is 336 g/mol. The zero-order chi connectivity index (χ0) is 16.8. The lowest BCUT2D eigenvalue weighted by molar-refractivity contribution is 0.708. The van der Waals surface area contributed by atoms with E-state index in [1.165, 1.54) is 0 Å². The Kier molecular flexibility index (Phi) is 6.33. The highest BCUT2D eigenvalue weighted by Crippen LogP contribution is 2.83. The first kappa shape index (κ1) is 21.2. The predicted molar refractivity (Wildman–Crippen MR) is 106 cm³/mol. The summed E-state index contributed by atoms with van der Waals surface area (Å²) in [6.07, 6.45) is 0. The maximum atomic E-state index is 2.63. The predicted octanol–water partition coefficient (Wildman–Crippen LogP) is 8.09. The third kappa shape index (κ3) is 4.83. The zero-order valence-corrected chi connectivity index (χ0v) is 19.0. The topological polar surface area (TPSA) is 0 Å². The van der Waals surface area contributed by atoms with Crippen LogP contribution < -0.4 is 0 Å². The van der Waals surface area contributed by atoms with E-state index in [9.17, 15) is 0 Å². The average Bonchev–Trinajstić information content (AvgIpc) is 2.05. The van der Waals surface area contributed by atoms with E-state index < -0.39 is 6.55 Å². The second kappa shape index (κ2) is 5.99. The molecular formula is C17H39P3. The summed E-state index contributed by atoms with van der Waals surface area (Å²) < 4.78 is 0. The maximum absolute atomic E-state index is 2.63. The van der Waals surface area contributed by atoms with E-state index in [0.717, 1.165) is 0 Å². The van der Waals surface area contributed by atoms with Crippen LogP contribution in [0.5, 0.6) is 0 Å². The van der Waals surface area contributed by atoms with E-state index in [1.807, 2.05) is 0 Å². The van der Waals surface area contributed by atoms with Crippen LogP contribution in [0, 0.1) is 0 Å². The fourth-order valence-electron chi connectivity index (χ4n) is 2.73. The Morgan fingerprint density at radius 2 is 0.850 bits per heavy atom. The summed E-state index contributed by atoms with van der Waals surface area (Å²) >= 11 is 0. The molecule has 0 aromatic rings. The van der Waals surface area contributed by atoms with Crippen LogP contribution in [-0.4, -0.2) is 27.3 Å². The lowest BCUT2D eigenvalue weighted by Crippen LogP contribution is -2.28. The standard InChI is InChI=1S/C17H39P3/c1-14(2,3)19(15(4,5)6)18-20(13,16(7,8)9)17(10,11)12/h1-13H3. The molecular weight excluding hydrogens is 297 g/mol. The van der Waals surface area contributed by atoms with Gasteiger partial charge in [-0.2, -0.15) is 0 Å². The summed E-state index contributed by atoms with van der Waals surface area (Å²) in [7, 11) is 1.73. The van der Waals surface area contributed by atoms with Crippen LogP contribution in [0.2, 0.25) is 0 Å². The smallest absolute Gasteiger partial charge is 0.00983 e. The summed E-state index contributed by atoms with van der Waals surface area (Å²) in [6, 6.07) is 0. The fraction of sp³-hybridized carbons (Fsp3) is 1.00. The first-order valence-electron chi connectivity index (χ1n) is 7.74. The molecule has 0 rings (SSSR count). The molecule has 122 valence electrons. The highest BCUT2D eigenvalue weighted by molar-refractivity contribution is 8.40. The molecule has 0 aromatic heterocycles. The Bertz CT molecular complexity index is 346. The molecule has 0 bridgehead atoms. The van der Waals surface area contributed by atoms with Crippen molar-refractivity contribution in [2.24, 2.45) is 0 Å². The summed E-state index contributed by atoms with van der Waals surface area (Å²) in [5.41, 5.74) is 0. The lowest BCUT2D eigenvalue weighted by atomic mass is 10.2. The van der Waals surface area contributed by atoms with Crippen molar-refractivity contribution < 1.29 is 0 Å². The van der Waals surface area contributed by atoms with Crippen molar-refractivity contribution >= 4 is 21.7 Å². The van der Waals surface area contributed by atoms with E-state index in [0.29, 0.717) is 20.6 Å². The van der Waals surface area contributed by atoms with Crippen LogP contribution in [0.3, 0.4) is 0 Å². The molecule has 0 aliphatic rings. The molecule has 20 heavy (non-hydrogen) atoms. The Hall–Kier alpha value is 1.16. The van der Waals surface area contributed by atoms with Gasteiger partial charge in [-0.25, -0.2) is 0 Å². The Morgan fingerprint density at radius 3 is 1.00 bits per heavy atom. The van der Waals surface area contributed by atoms with Gasteiger partial charge in [0.1, 0.15) is 0 Å². The molecule has 0 aliphatic heterocycles. The van der Waals surface area contributed by atoms with Gasteiger partial charge < -0.3 is 0 Å². The molecule has 0 unspecified atom stereocenters. The van der Waals surface area contributed by atoms with Gasteiger partial charge in [0.2, 0.25) is 0 Å². The Morgan fingerprint density at radius 1 is 0.600 bits per heavy atom. The van der Waals surface area contributed by atoms with Gasteiger partial charge in [0.15, 0.2) is 0 Å². The van der Waals surface area contributed by atoms with E-state index in [-0.39, 0.29) is 7.61 Å². The van der Waals surface area contributed by atoms with Crippen molar-refractivity contribution in [3.05, 3.63) is 0 Å². The zero-order valence-electron chi connectivity index (χ0n) is 16.3. The Labute approximate surface area is 132 Å². The van der Waals surface area contributed by atoms with Gasteiger partial charge in [0.25, 0.3) is 0 Å². The van der Waals surface area contributed by atoms with Crippen molar-refractivity contribution in [1.82, 2.24) is 0 Å². The number of hydrogen-bond donors (Lipinski definition) is 0. The molecule has 0 N–H and O–H groups in total. The highest BCUT2D eigenvalue weighted by Gasteiger charge is 2.42. The van der Waals surface area contributed by atoms with Crippen molar-refractivity contribution in [2.75, 3.05) is 6.66 Å². The molecule has 0 amide bonds. The lowest BCUT2D eigenvalue weighted by Gasteiger charge is -2.49. The van der Waals surface area contributed by atoms with E-state index in [2.05, 4.69) is 89.7 Å². The largest absolute Gasteiger partial charge is 0.0786 e. The molecule has 0 spiro atoms. The van der Waals surface area contributed by atoms with Gasteiger partial charge >= 0.3 is 0 Å². The molecule has 0 atom stereocenters. The van der Waals surface area contributed by atoms with Gasteiger partial charge in [-0.1, -0.05) is 97.2 Å². The van der Waals surface area contributed by atoms with Crippen molar-refractivity contribution in [1.29, 1.82) is 0 Å². The van der Waals surface area contributed by atoms with Crippen LogP contribution in [0.4, 0.5) is 0 Å². The minimum absolute atomic E-state index is 0.0377. The van der Waals surface area contributed by atoms with Gasteiger partial charge in [-0.05, 0) is 34.9 Å². The second-order valence-electron chi connectivity index (χ2n) is 10.0. The van der Waals surface area contributed by atoms with E-state index >= 15 is 0 Å². The van der Waals surface area contributed by atoms with Crippen molar-refractivity contribution in [2.45, 2.75) is 104 Å². The summed E-state index contributed by atoms with van der Waals surface area (Å²) in [4.78, 5) is 0. The number of rotatable bonds is 1. The highest BCUT2D eigenvalue weighted by atomic mass is 32.3. The number of hydrogen-bond acceptors (Lipinski definition) is 0. The van der Waals surface area contributed by atoms with Gasteiger partial charge in [0.05, 0.1) is 0 Å². The molecule has 0 aliphatic carbocycles. The van der Waals surface area contributed by atoms with Gasteiger partial charge in [-0.15, -0.1) is 0 Å². The minimum atomic E-state index is -1.09. The summed E-state index contributed by atoms with van der Waals surface area (Å²) in [6.45, 7) is 31.1. The molecule has 0 fully saturated rings. The molecule has 0 aromatic carbocycles. The van der Waals surface area contributed by atoms with Crippen molar-refractivity contribution in [3.63, 3.8) is 0 Å². The maximum Gasteiger partial charge on any atom is -0.00983 e. The second-order valence-corrected chi connectivity index (χ2v) is 23.9. The summed E-state index contributed by atoms with van der Waals surface area (Å²) in [5.74, 6) is 0. The normalized spacial score (nSPS) is 16.1. The van der Waals surface area contributed by atoms with E-state index in [1.54, 1.807) is 7.56 Å². The van der Waals surface area contributed by atoms with Gasteiger partial charge in [0, 0.05) is 0 Å². The van der Waals surface area contributed by atoms with E-state index in [4.69, 9.17) is 0 Å². The minimum Gasteiger partial charge on any atom is -0.0786 e. The third-order valence-corrected chi connectivity index (χ3v) is 26.1. The Balaban J connectivity index is 6.32. The van der Waals surface area contributed by atoms with Crippen molar-refractivity contribution in [3.8, 4) is 0 Å². The quantitative estimate of drug-likeness (QED) is 0.424. The molecule has 0 nitrogen and oxygen atoms in total. The SMILES string of the molecule is CC(C)(C)P(P=P(C)(C(C)(C)C)C(C)(C)C)C(C)(C)C. The third-order valence-electron chi connectivity index (χ3n) is 4.15. The van der Waals surface area contributed by atoms with Crippen LogP contribution in [-0.2, 0) is 0 Å². The molecule has 0 saturated heterocycles. The first-order chi connectivity index (χ1) is 8.34. The molecule has 3 heteroatoms. The van der Waals surface area contributed by atoms with Crippen LogP contribution >= 0.6 is 21.7 Å². The van der Waals surface area contributed by atoms with Gasteiger partial charge in [-0.3, -0.25) is 0 Å². The first-order valence-corrected chi connectivity index (χ1v) is 13.6. The molecule has 0 heterocycles. The monoisotopic (exact) mass is 336 g/mol. The fourth-order valence-corrected chi connectivity index (χ4v) is 25.4.